The molecule has 2 atom stereocenters. The summed E-state index contributed by atoms with van der Waals surface area (Å²) in [6.45, 7) is 3.59. The van der Waals surface area contributed by atoms with Crippen molar-refractivity contribution in [3.8, 4) is 0 Å². The molecule has 0 aromatic rings. The van der Waals surface area contributed by atoms with Gasteiger partial charge in [0, 0.05) is 18.5 Å². The lowest BCUT2D eigenvalue weighted by molar-refractivity contribution is 0.131. The first-order chi connectivity index (χ1) is 6.19. The number of hydrogen-bond donors (Lipinski definition) is 0. The van der Waals surface area contributed by atoms with Crippen molar-refractivity contribution >= 4 is 17.7 Å². The first kappa shape index (κ1) is 10.6. The van der Waals surface area contributed by atoms with Gasteiger partial charge in [-0.3, -0.25) is 0 Å². The molecule has 1 fully saturated rings. The van der Waals surface area contributed by atoms with Gasteiger partial charge in [0.05, 0.1) is 7.11 Å². The predicted molar refractivity (Wildman–Crippen MR) is 52.0 cm³/mol. The summed E-state index contributed by atoms with van der Waals surface area (Å²) in [4.78, 5) is 12.8. The van der Waals surface area contributed by atoms with Gasteiger partial charge in [0.2, 0.25) is 0 Å². The summed E-state index contributed by atoms with van der Waals surface area (Å²) in [5.74, 6) is 0.436. The lowest BCUT2D eigenvalue weighted by Crippen LogP contribution is -2.29. The van der Waals surface area contributed by atoms with Crippen LogP contribution in [0.3, 0.4) is 0 Å². The van der Waals surface area contributed by atoms with Crippen LogP contribution in [0.25, 0.3) is 0 Å². The maximum Gasteiger partial charge on any atom is 0.409 e. The molecule has 13 heavy (non-hydrogen) atoms. The highest BCUT2D eigenvalue weighted by molar-refractivity contribution is 6.20. The number of ether oxygens (including phenoxy) is 1. The molecule has 1 saturated heterocycles. The lowest BCUT2D eigenvalue weighted by atomic mass is 10.0. The molecule has 2 unspecified atom stereocenters. The fourth-order valence-electron chi connectivity index (χ4n) is 1.71. The van der Waals surface area contributed by atoms with E-state index in [4.69, 9.17) is 11.6 Å². The molecule has 0 N–H and O–H groups in total. The van der Waals surface area contributed by atoms with Crippen LogP contribution in [0.4, 0.5) is 4.79 Å². The zero-order valence-electron chi connectivity index (χ0n) is 8.12. The van der Waals surface area contributed by atoms with Crippen LogP contribution >= 0.6 is 11.6 Å². The van der Waals surface area contributed by atoms with Crippen molar-refractivity contribution in [1.82, 2.24) is 4.90 Å². The largest absolute Gasteiger partial charge is 0.453 e. The van der Waals surface area contributed by atoms with Gasteiger partial charge in [-0.1, -0.05) is 6.92 Å². The Morgan fingerprint density at radius 1 is 1.77 bits per heavy atom. The summed E-state index contributed by atoms with van der Waals surface area (Å²) >= 11 is 6.11. The summed E-state index contributed by atoms with van der Waals surface area (Å²) in [6, 6.07) is 0. The van der Waals surface area contributed by atoms with Crippen molar-refractivity contribution in [3.63, 3.8) is 0 Å². The van der Waals surface area contributed by atoms with Crippen LogP contribution < -0.4 is 0 Å². The van der Waals surface area contributed by atoms with Crippen molar-refractivity contribution < 1.29 is 9.53 Å². The van der Waals surface area contributed by atoms with E-state index in [1.54, 1.807) is 4.90 Å². The van der Waals surface area contributed by atoms with Crippen molar-refractivity contribution in [3.05, 3.63) is 0 Å². The number of carbonyl (C=O) groups excluding carboxylic acids is 1. The molecule has 0 radical (unpaired) electrons. The second-order valence-electron chi connectivity index (χ2n) is 3.39. The zero-order chi connectivity index (χ0) is 9.84. The highest BCUT2D eigenvalue weighted by atomic mass is 35.5. The summed E-state index contributed by atoms with van der Waals surface area (Å²) in [6.07, 6.45) is 1.72. The minimum Gasteiger partial charge on any atom is -0.453 e. The fraction of sp³-hybridized carbons (Fsp3) is 0.889. The Kier molecular flexibility index (Phi) is 3.85. The summed E-state index contributed by atoms with van der Waals surface area (Å²) in [7, 11) is 1.41. The molecule has 0 spiro atoms. The van der Waals surface area contributed by atoms with Gasteiger partial charge in [-0.2, -0.15) is 0 Å². The summed E-state index contributed by atoms with van der Waals surface area (Å²) in [5.41, 5.74) is 0. The summed E-state index contributed by atoms with van der Waals surface area (Å²) < 4.78 is 4.64. The standard InChI is InChI=1S/C9H16ClNO2/c1-3-8(10)7-4-5-11(6-7)9(12)13-2/h7-8H,3-6H2,1-2H3. The number of nitrogens with zero attached hydrogens (tertiary/aromatic N) is 1. The van der Waals surface area contributed by atoms with Crippen LogP contribution in [0.2, 0.25) is 0 Å². The van der Waals surface area contributed by atoms with Crippen molar-refractivity contribution in [2.75, 3.05) is 20.2 Å². The maximum atomic E-state index is 11.1. The average Bonchev–Trinajstić information content (AvgIpc) is 2.64. The minimum atomic E-state index is -0.234. The van der Waals surface area contributed by atoms with Gasteiger partial charge in [-0.25, -0.2) is 4.79 Å². The van der Waals surface area contributed by atoms with Crippen LogP contribution in [0.1, 0.15) is 19.8 Å². The molecule has 1 rings (SSSR count). The van der Waals surface area contributed by atoms with Crippen molar-refractivity contribution in [1.29, 1.82) is 0 Å². The van der Waals surface area contributed by atoms with E-state index in [0.29, 0.717) is 5.92 Å². The normalized spacial score (nSPS) is 24.5. The molecule has 1 aliphatic heterocycles. The molecule has 3 nitrogen and oxygen atoms in total. The van der Waals surface area contributed by atoms with E-state index >= 15 is 0 Å². The fourth-order valence-corrected chi connectivity index (χ4v) is 1.92. The second kappa shape index (κ2) is 4.70. The molecule has 0 aliphatic carbocycles. The molecule has 1 heterocycles. The molecule has 1 aliphatic rings. The van der Waals surface area contributed by atoms with E-state index in [0.717, 1.165) is 25.9 Å². The van der Waals surface area contributed by atoms with Gasteiger partial charge in [0.25, 0.3) is 0 Å². The second-order valence-corrected chi connectivity index (χ2v) is 3.95. The topological polar surface area (TPSA) is 29.5 Å². The Bertz CT molecular complexity index is 186. The van der Waals surface area contributed by atoms with E-state index in [2.05, 4.69) is 11.7 Å². The quantitative estimate of drug-likeness (QED) is 0.647. The van der Waals surface area contributed by atoms with Crippen LogP contribution in [0.15, 0.2) is 0 Å². The maximum absolute atomic E-state index is 11.1. The van der Waals surface area contributed by atoms with Gasteiger partial charge in [-0.05, 0) is 18.8 Å². The number of carbonyl (C=O) groups is 1. The van der Waals surface area contributed by atoms with Crippen molar-refractivity contribution in [2.24, 2.45) is 5.92 Å². The first-order valence-electron chi connectivity index (χ1n) is 4.66. The monoisotopic (exact) mass is 205 g/mol. The number of alkyl halides is 1. The van der Waals surface area contributed by atoms with Crippen LogP contribution in [0, 0.1) is 5.92 Å². The van der Waals surface area contributed by atoms with Gasteiger partial charge in [-0.15, -0.1) is 11.6 Å². The van der Waals surface area contributed by atoms with E-state index in [1.165, 1.54) is 7.11 Å². The Hall–Kier alpha value is -0.440. The Labute approximate surface area is 84.0 Å². The smallest absolute Gasteiger partial charge is 0.409 e. The minimum absolute atomic E-state index is 0.189. The molecule has 4 heteroatoms. The number of likely N-dealkylation sites (tertiary alicyclic amines) is 1. The molecule has 1 amide bonds. The highest BCUT2D eigenvalue weighted by Gasteiger charge is 2.30. The van der Waals surface area contributed by atoms with Gasteiger partial charge < -0.3 is 9.64 Å². The third kappa shape index (κ3) is 2.50. The van der Waals surface area contributed by atoms with Crippen molar-refractivity contribution in [2.45, 2.75) is 25.1 Å². The van der Waals surface area contributed by atoms with E-state index in [9.17, 15) is 4.79 Å². The zero-order valence-corrected chi connectivity index (χ0v) is 8.88. The average molecular weight is 206 g/mol. The third-order valence-electron chi connectivity index (χ3n) is 2.56. The Morgan fingerprint density at radius 2 is 2.46 bits per heavy atom. The molecule has 76 valence electrons. The van der Waals surface area contributed by atoms with E-state index in [1.807, 2.05) is 0 Å². The van der Waals surface area contributed by atoms with Crippen LogP contribution in [0.5, 0.6) is 0 Å². The predicted octanol–water partition coefficient (Wildman–Crippen LogP) is 2.09. The number of methoxy groups -OCH3 is 1. The molecule has 0 aromatic carbocycles. The number of hydrogen-bond acceptors (Lipinski definition) is 2. The molecule has 0 bridgehead atoms. The van der Waals surface area contributed by atoms with Crippen LogP contribution in [-0.2, 0) is 4.74 Å². The molecular formula is C9H16ClNO2. The Morgan fingerprint density at radius 3 is 3.00 bits per heavy atom. The van der Waals surface area contributed by atoms with E-state index < -0.39 is 0 Å². The molecule has 0 saturated carbocycles. The molecule has 0 aromatic heterocycles. The van der Waals surface area contributed by atoms with Gasteiger partial charge >= 0.3 is 6.09 Å². The molecular weight excluding hydrogens is 190 g/mol. The highest BCUT2D eigenvalue weighted by Crippen LogP contribution is 2.25. The first-order valence-corrected chi connectivity index (χ1v) is 5.09. The third-order valence-corrected chi connectivity index (χ3v) is 3.22. The number of halogens is 1. The van der Waals surface area contributed by atoms with Gasteiger partial charge in [0.1, 0.15) is 0 Å². The van der Waals surface area contributed by atoms with E-state index in [-0.39, 0.29) is 11.5 Å². The van der Waals surface area contributed by atoms with Gasteiger partial charge in [0.15, 0.2) is 0 Å². The number of amides is 1. The SMILES string of the molecule is CCC(Cl)C1CCN(C(=O)OC)C1. The Balaban J connectivity index is 2.40. The number of rotatable bonds is 2. The lowest BCUT2D eigenvalue weighted by Gasteiger charge is -2.16. The summed E-state index contributed by atoms with van der Waals surface area (Å²) in [5, 5.41) is 0.189. The van der Waals surface area contributed by atoms with Crippen LogP contribution in [-0.4, -0.2) is 36.6 Å².